The summed E-state index contributed by atoms with van der Waals surface area (Å²) in [6, 6.07) is 10.1. The molecule has 0 atom stereocenters. The standard InChI is InChI=1S/C19H20FNO4S/c1-13-8-15(10-16(9-13)25-12-14-6-7-14)18(22)11-21-26(23,24)19-5-3-2-4-17(19)20/h2-5,8-10,14,21H,6-7,11-12H2,1H3. The molecule has 0 saturated heterocycles. The summed E-state index contributed by atoms with van der Waals surface area (Å²) in [6.07, 6.45) is 2.32. The number of ether oxygens (including phenoxy) is 1. The van der Waals surface area contributed by atoms with Crippen LogP contribution in [-0.2, 0) is 10.0 Å². The first kappa shape index (κ1) is 18.5. The Morgan fingerprint density at radius 3 is 2.65 bits per heavy atom. The summed E-state index contributed by atoms with van der Waals surface area (Å²) in [6.45, 7) is 2.00. The fourth-order valence-corrected chi connectivity index (χ4v) is 3.55. The van der Waals surface area contributed by atoms with E-state index in [9.17, 15) is 17.6 Å². The van der Waals surface area contributed by atoms with E-state index in [1.54, 1.807) is 12.1 Å². The largest absolute Gasteiger partial charge is 0.493 e. The van der Waals surface area contributed by atoms with Gasteiger partial charge in [0.15, 0.2) is 5.78 Å². The first-order chi connectivity index (χ1) is 12.3. The molecule has 1 N–H and O–H groups in total. The van der Waals surface area contributed by atoms with Gasteiger partial charge in [-0.3, -0.25) is 4.79 Å². The topological polar surface area (TPSA) is 72.5 Å². The summed E-state index contributed by atoms with van der Waals surface area (Å²) in [4.78, 5) is 11.9. The molecule has 7 heteroatoms. The Kier molecular flexibility index (Phi) is 5.38. The number of hydrogen-bond acceptors (Lipinski definition) is 4. The molecular weight excluding hydrogens is 357 g/mol. The van der Waals surface area contributed by atoms with E-state index in [1.165, 1.54) is 12.1 Å². The Hall–Kier alpha value is -2.25. The van der Waals surface area contributed by atoms with Crippen molar-refractivity contribution in [1.82, 2.24) is 4.72 Å². The average molecular weight is 377 g/mol. The summed E-state index contributed by atoms with van der Waals surface area (Å²) in [5, 5.41) is 0. The van der Waals surface area contributed by atoms with Crippen LogP contribution in [0.4, 0.5) is 4.39 Å². The van der Waals surface area contributed by atoms with Gasteiger partial charge < -0.3 is 4.74 Å². The zero-order valence-corrected chi connectivity index (χ0v) is 15.2. The predicted molar refractivity (Wildman–Crippen MR) is 95.3 cm³/mol. The molecule has 1 aliphatic rings. The highest BCUT2D eigenvalue weighted by atomic mass is 32.2. The molecule has 0 aromatic heterocycles. The number of nitrogens with one attached hydrogen (secondary N) is 1. The van der Waals surface area contributed by atoms with E-state index in [4.69, 9.17) is 4.74 Å². The van der Waals surface area contributed by atoms with Crippen LogP contribution in [0.25, 0.3) is 0 Å². The van der Waals surface area contributed by atoms with Crippen molar-refractivity contribution in [2.45, 2.75) is 24.7 Å². The summed E-state index contributed by atoms with van der Waals surface area (Å²) in [5.41, 5.74) is 1.20. The van der Waals surface area contributed by atoms with E-state index in [1.807, 2.05) is 13.0 Å². The highest BCUT2D eigenvalue weighted by molar-refractivity contribution is 7.89. The van der Waals surface area contributed by atoms with Crippen molar-refractivity contribution in [2.24, 2.45) is 5.92 Å². The van der Waals surface area contributed by atoms with E-state index >= 15 is 0 Å². The highest BCUT2D eigenvalue weighted by Crippen LogP contribution is 2.30. The molecule has 26 heavy (non-hydrogen) atoms. The molecular formula is C19H20FNO4S. The average Bonchev–Trinajstić information content (AvgIpc) is 3.42. The van der Waals surface area contributed by atoms with Crippen LogP contribution in [0.3, 0.4) is 0 Å². The molecule has 1 saturated carbocycles. The summed E-state index contributed by atoms with van der Waals surface area (Å²) in [5.74, 6) is -0.0943. The van der Waals surface area contributed by atoms with Gasteiger partial charge in [-0.2, -0.15) is 0 Å². The second-order valence-electron chi connectivity index (χ2n) is 6.47. The first-order valence-corrected chi connectivity index (χ1v) is 9.85. The number of benzene rings is 2. The molecule has 3 rings (SSSR count). The van der Waals surface area contributed by atoms with Crippen LogP contribution < -0.4 is 9.46 Å². The van der Waals surface area contributed by atoms with Crippen molar-refractivity contribution < 1.29 is 22.3 Å². The summed E-state index contributed by atoms with van der Waals surface area (Å²) in [7, 11) is -4.10. The highest BCUT2D eigenvalue weighted by Gasteiger charge is 2.23. The van der Waals surface area contributed by atoms with Crippen molar-refractivity contribution in [3.63, 3.8) is 0 Å². The van der Waals surface area contributed by atoms with E-state index < -0.39 is 33.1 Å². The Bertz CT molecular complexity index is 923. The normalized spacial score (nSPS) is 14.2. The van der Waals surface area contributed by atoms with Crippen LogP contribution in [0, 0.1) is 18.7 Å². The predicted octanol–water partition coefficient (Wildman–Crippen LogP) is 3.08. The number of carbonyl (C=O) groups is 1. The molecule has 0 bridgehead atoms. The van der Waals surface area contributed by atoms with Gasteiger partial charge >= 0.3 is 0 Å². The van der Waals surface area contributed by atoms with Gasteiger partial charge in [-0.1, -0.05) is 12.1 Å². The molecule has 2 aromatic rings. The third-order valence-electron chi connectivity index (χ3n) is 4.10. The van der Waals surface area contributed by atoms with Gasteiger partial charge in [0.1, 0.15) is 16.5 Å². The molecule has 0 unspecified atom stereocenters. The second kappa shape index (κ2) is 7.55. The van der Waals surface area contributed by atoms with Crippen molar-refractivity contribution in [2.75, 3.05) is 13.2 Å². The Morgan fingerprint density at radius 1 is 1.23 bits per heavy atom. The van der Waals surface area contributed by atoms with Crippen LogP contribution in [-0.4, -0.2) is 27.4 Å². The lowest BCUT2D eigenvalue weighted by molar-refractivity contribution is 0.0996. The molecule has 0 spiro atoms. The number of hydrogen-bond donors (Lipinski definition) is 1. The third-order valence-corrected chi connectivity index (χ3v) is 5.54. The zero-order chi connectivity index (χ0) is 18.7. The van der Waals surface area contributed by atoms with Gasteiger partial charge in [-0.05, 0) is 61.6 Å². The Labute approximate surface area is 152 Å². The van der Waals surface area contributed by atoms with Gasteiger partial charge in [0.25, 0.3) is 0 Å². The number of sulfonamides is 1. The molecule has 1 fully saturated rings. The SMILES string of the molecule is Cc1cc(OCC2CC2)cc(C(=O)CNS(=O)(=O)c2ccccc2F)c1. The zero-order valence-electron chi connectivity index (χ0n) is 14.4. The molecule has 0 aliphatic heterocycles. The lowest BCUT2D eigenvalue weighted by atomic mass is 10.1. The number of aryl methyl sites for hydroxylation is 1. The molecule has 5 nitrogen and oxygen atoms in total. The van der Waals surface area contributed by atoms with Crippen molar-refractivity contribution in [3.05, 3.63) is 59.4 Å². The minimum Gasteiger partial charge on any atom is -0.493 e. The van der Waals surface area contributed by atoms with Crippen molar-refractivity contribution >= 4 is 15.8 Å². The van der Waals surface area contributed by atoms with Crippen LogP contribution in [0.2, 0.25) is 0 Å². The van der Waals surface area contributed by atoms with Gasteiger partial charge in [-0.15, -0.1) is 0 Å². The first-order valence-electron chi connectivity index (χ1n) is 8.37. The second-order valence-corrected chi connectivity index (χ2v) is 8.20. The van der Waals surface area contributed by atoms with Gasteiger partial charge in [0.05, 0.1) is 13.2 Å². The quantitative estimate of drug-likeness (QED) is 0.718. The van der Waals surface area contributed by atoms with Crippen LogP contribution in [0.15, 0.2) is 47.4 Å². The fraction of sp³-hybridized carbons (Fsp3) is 0.316. The Balaban J connectivity index is 1.68. The number of ketones is 1. The molecule has 1 aliphatic carbocycles. The number of halogens is 1. The summed E-state index contributed by atoms with van der Waals surface area (Å²) >= 11 is 0. The van der Waals surface area contributed by atoms with E-state index in [2.05, 4.69) is 4.72 Å². The molecule has 0 radical (unpaired) electrons. The summed E-state index contributed by atoms with van der Waals surface area (Å²) < 4.78 is 45.9. The molecule has 0 amide bonds. The Morgan fingerprint density at radius 2 is 1.96 bits per heavy atom. The number of Topliss-reactive ketones (excluding diaryl/α,β-unsaturated/α-hetero) is 1. The maximum absolute atomic E-state index is 13.7. The van der Waals surface area contributed by atoms with Crippen molar-refractivity contribution in [3.8, 4) is 5.75 Å². The number of rotatable bonds is 8. The monoisotopic (exact) mass is 377 g/mol. The van der Waals surface area contributed by atoms with Gasteiger partial charge in [-0.25, -0.2) is 17.5 Å². The third kappa shape index (κ3) is 4.68. The van der Waals surface area contributed by atoms with E-state index in [0.29, 0.717) is 23.8 Å². The van der Waals surface area contributed by atoms with E-state index in [0.717, 1.165) is 30.5 Å². The van der Waals surface area contributed by atoms with Crippen LogP contribution in [0.5, 0.6) is 5.75 Å². The lowest BCUT2D eigenvalue weighted by Gasteiger charge is -2.10. The minimum absolute atomic E-state index is 0.354. The van der Waals surface area contributed by atoms with Crippen LogP contribution in [0.1, 0.15) is 28.8 Å². The van der Waals surface area contributed by atoms with Crippen LogP contribution >= 0.6 is 0 Å². The maximum Gasteiger partial charge on any atom is 0.243 e. The van der Waals surface area contributed by atoms with Crippen molar-refractivity contribution in [1.29, 1.82) is 0 Å². The maximum atomic E-state index is 13.7. The van der Waals surface area contributed by atoms with Gasteiger partial charge in [0, 0.05) is 5.56 Å². The lowest BCUT2D eigenvalue weighted by Crippen LogP contribution is -2.30. The molecule has 2 aromatic carbocycles. The number of carbonyl (C=O) groups excluding carboxylic acids is 1. The van der Waals surface area contributed by atoms with E-state index in [-0.39, 0.29) is 0 Å². The minimum atomic E-state index is -4.10. The van der Waals surface area contributed by atoms with Gasteiger partial charge in [0.2, 0.25) is 10.0 Å². The molecule has 0 heterocycles. The smallest absolute Gasteiger partial charge is 0.243 e. The molecule has 138 valence electrons. The fourth-order valence-electron chi connectivity index (χ4n) is 2.49.